The van der Waals surface area contributed by atoms with Crippen LogP contribution in [-0.2, 0) is 10.0 Å². The highest BCUT2D eigenvalue weighted by Crippen LogP contribution is 2.39. The van der Waals surface area contributed by atoms with E-state index in [1.807, 2.05) is 6.07 Å². The van der Waals surface area contributed by atoms with Crippen molar-refractivity contribution >= 4 is 21.2 Å². The average molecular weight is 335 g/mol. The number of sulfonamides is 1. The summed E-state index contributed by atoms with van der Waals surface area (Å²) < 4.78 is 48.6. The Kier molecular flexibility index (Phi) is 4.28. The minimum atomic E-state index is -4.09. The molecule has 1 aliphatic rings. The Labute approximate surface area is 133 Å². The van der Waals surface area contributed by atoms with E-state index in [-0.39, 0.29) is 10.7 Å². The number of rotatable bonds is 4. The van der Waals surface area contributed by atoms with Gasteiger partial charge in [0.1, 0.15) is 5.82 Å². The summed E-state index contributed by atoms with van der Waals surface area (Å²) >= 11 is 0. The lowest BCUT2D eigenvalue weighted by Gasteiger charge is -2.09. The molecule has 0 heterocycles. The van der Waals surface area contributed by atoms with Crippen LogP contribution in [0.1, 0.15) is 30.4 Å². The second-order valence-electron chi connectivity index (χ2n) is 5.43. The Morgan fingerprint density at radius 1 is 0.913 bits per heavy atom. The summed E-state index contributed by atoms with van der Waals surface area (Å²) in [7, 11) is -4.09. The van der Waals surface area contributed by atoms with Crippen molar-refractivity contribution in [2.24, 2.45) is 0 Å². The van der Waals surface area contributed by atoms with Crippen LogP contribution < -0.4 is 4.94 Å². The third-order valence-corrected chi connectivity index (χ3v) is 5.10. The molecule has 120 valence electrons. The van der Waals surface area contributed by atoms with Crippen LogP contribution in [0.25, 0.3) is 11.1 Å². The minimum absolute atomic E-state index is 0.130. The summed E-state index contributed by atoms with van der Waals surface area (Å²) in [5, 5.41) is 0. The summed E-state index contributed by atoms with van der Waals surface area (Å²) in [5.74, 6) is -0.281. The molecule has 2 aromatic rings. The van der Waals surface area contributed by atoms with E-state index < -0.39 is 10.0 Å². The standard InChI is InChI=1S/C17H15F2NO2S/c18-14-4-1-3-13(11-14)17-6-2-5-16(17)12-7-9-15(10-8-12)23(21,22)20-19/h1,3-4,7-11,20H,2,5-6H2. The van der Waals surface area contributed by atoms with E-state index >= 15 is 0 Å². The highest BCUT2D eigenvalue weighted by atomic mass is 32.2. The second kappa shape index (κ2) is 6.22. The number of halogens is 2. The van der Waals surface area contributed by atoms with E-state index in [4.69, 9.17) is 0 Å². The fraction of sp³-hybridized carbons (Fsp3) is 0.176. The van der Waals surface area contributed by atoms with E-state index in [9.17, 15) is 17.3 Å². The van der Waals surface area contributed by atoms with Crippen LogP contribution in [0.5, 0.6) is 0 Å². The molecule has 1 N–H and O–H groups in total. The van der Waals surface area contributed by atoms with Gasteiger partial charge in [0.15, 0.2) is 0 Å². The maximum Gasteiger partial charge on any atom is 0.266 e. The van der Waals surface area contributed by atoms with Crippen molar-refractivity contribution in [2.45, 2.75) is 24.2 Å². The van der Waals surface area contributed by atoms with Gasteiger partial charge in [-0.05, 0) is 70.7 Å². The Morgan fingerprint density at radius 2 is 1.57 bits per heavy atom. The van der Waals surface area contributed by atoms with Crippen LogP contribution in [0.3, 0.4) is 0 Å². The fourth-order valence-corrected chi connectivity index (χ4v) is 3.52. The van der Waals surface area contributed by atoms with Crippen LogP contribution >= 0.6 is 0 Å². The van der Waals surface area contributed by atoms with Crippen LogP contribution in [0, 0.1) is 5.82 Å². The maximum absolute atomic E-state index is 13.4. The Morgan fingerprint density at radius 3 is 2.17 bits per heavy atom. The Balaban J connectivity index is 2.01. The molecule has 0 spiro atoms. The second-order valence-corrected chi connectivity index (χ2v) is 7.06. The van der Waals surface area contributed by atoms with Crippen molar-refractivity contribution in [3.63, 3.8) is 0 Å². The summed E-state index contributed by atoms with van der Waals surface area (Å²) in [5.41, 5.74) is 3.87. The van der Waals surface area contributed by atoms with Gasteiger partial charge in [-0.1, -0.05) is 24.3 Å². The van der Waals surface area contributed by atoms with Crippen molar-refractivity contribution in [3.05, 3.63) is 65.5 Å². The van der Waals surface area contributed by atoms with Crippen LogP contribution in [0.15, 0.2) is 53.4 Å². The van der Waals surface area contributed by atoms with E-state index in [0.29, 0.717) is 0 Å². The molecular weight excluding hydrogens is 320 g/mol. The van der Waals surface area contributed by atoms with Crippen molar-refractivity contribution in [1.82, 2.24) is 4.94 Å². The average Bonchev–Trinajstić information content (AvgIpc) is 3.04. The van der Waals surface area contributed by atoms with E-state index in [2.05, 4.69) is 0 Å². The molecule has 3 nitrogen and oxygen atoms in total. The molecule has 0 atom stereocenters. The predicted molar refractivity (Wildman–Crippen MR) is 84.9 cm³/mol. The molecule has 6 heteroatoms. The minimum Gasteiger partial charge on any atom is -0.207 e. The van der Waals surface area contributed by atoms with Crippen molar-refractivity contribution < 1.29 is 17.3 Å². The molecule has 0 bridgehead atoms. The lowest BCUT2D eigenvalue weighted by molar-refractivity contribution is 0.425. The van der Waals surface area contributed by atoms with Gasteiger partial charge in [0.25, 0.3) is 10.0 Å². The summed E-state index contributed by atoms with van der Waals surface area (Å²) in [4.78, 5) is 0.676. The monoisotopic (exact) mass is 335 g/mol. The fourth-order valence-electron chi connectivity index (χ4n) is 2.94. The lowest BCUT2D eigenvalue weighted by Crippen LogP contribution is -2.14. The zero-order chi connectivity index (χ0) is 16.4. The highest BCUT2D eigenvalue weighted by Gasteiger charge is 2.19. The highest BCUT2D eigenvalue weighted by molar-refractivity contribution is 7.89. The molecule has 0 radical (unpaired) electrons. The molecular formula is C17H15F2NO2S. The summed E-state index contributed by atoms with van der Waals surface area (Å²) in [6, 6.07) is 12.5. The SMILES string of the molecule is O=S(=O)(NF)c1ccc(C2=C(c3cccc(F)c3)CCC2)cc1. The molecule has 0 fully saturated rings. The largest absolute Gasteiger partial charge is 0.266 e. The van der Waals surface area contributed by atoms with Gasteiger partial charge < -0.3 is 0 Å². The molecule has 2 aromatic carbocycles. The Bertz CT molecular complexity index is 858. The van der Waals surface area contributed by atoms with Gasteiger partial charge in [0.05, 0.1) is 4.90 Å². The number of benzene rings is 2. The first-order valence-corrected chi connectivity index (χ1v) is 8.70. The van der Waals surface area contributed by atoms with Crippen molar-refractivity contribution in [2.75, 3.05) is 0 Å². The third-order valence-electron chi connectivity index (χ3n) is 4.01. The van der Waals surface area contributed by atoms with Crippen LogP contribution in [0.2, 0.25) is 0 Å². The zero-order valence-electron chi connectivity index (χ0n) is 12.2. The van der Waals surface area contributed by atoms with E-state index in [1.165, 1.54) is 24.3 Å². The molecule has 0 unspecified atom stereocenters. The molecule has 0 aromatic heterocycles. The first-order valence-electron chi connectivity index (χ1n) is 7.22. The van der Waals surface area contributed by atoms with Gasteiger partial charge in [-0.2, -0.15) is 0 Å². The van der Waals surface area contributed by atoms with Gasteiger partial charge >= 0.3 is 0 Å². The van der Waals surface area contributed by atoms with E-state index in [1.54, 1.807) is 18.2 Å². The van der Waals surface area contributed by atoms with Crippen LogP contribution in [0.4, 0.5) is 8.87 Å². The smallest absolute Gasteiger partial charge is 0.207 e. The van der Waals surface area contributed by atoms with Gasteiger partial charge in [-0.3, -0.25) is 0 Å². The number of hydrogen-bond donors (Lipinski definition) is 1. The van der Waals surface area contributed by atoms with Gasteiger partial charge in [0, 0.05) is 0 Å². The van der Waals surface area contributed by atoms with Crippen molar-refractivity contribution in [1.29, 1.82) is 0 Å². The summed E-state index contributed by atoms with van der Waals surface area (Å²) in [6.45, 7) is 0. The predicted octanol–water partition coefficient (Wildman–Crippen LogP) is 4.08. The maximum atomic E-state index is 13.4. The van der Waals surface area contributed by atoms with E-state index in [0.717, 1.165) is 46.5 Å². The summed E-state index contributed by atoms with van der Waals surface area (Å²) in [6.07, 6.45) is 2.66. The molecule has 3 rings (SSSR count). The first-order chi connectivity index (χ1) is 11.0. The Hall–Kier alpha value is -2.05. The van der Waals surface area contributed by atoms with Gasteiger partial charge in [0.2, 0.25) is 0 Å². The van der Waals surface area contributed by atoms with Crippen LogP contribution in [-0.4, -0.2) is 8.42 Å². The zero-order valence-corrected chi connectivity index (χ0v) is 13.0. The molecule has 1 aliphatic carbocycles. The van der Waals surface area contributed by atoms with Crippen molar-refractivity contribution in [3.8, 4) is 0 Å². The topological polar surface area (TPSA) is 46.2 Å². The molecule has 23 heavy (non-hydrogen) atoms. The van der Waals surface area contributed by atoms with Gasteiger partial charge in [-0.25, -0.2) is 12.8 Å². The number of allylic oxidation sites excluding steroid dienone is 2. The normalized spacial score (nSPS) is 15.2. The number of nitrogens with one attached hydrogen (secondary N) is 1. The molecule has 0 aliphatic heterocycles. The van der Waals surface area contributed by atoms with Gasteiger partial charge in [-0.15, -0.1) is 4.48 Å². The molecule has 0 saturated heterocycles. The lowest BCUT2D eigenvalue weighted by atomic mass is 9.97. The molecule has 0 saturated carbocycles. The number of hydrogen-bond acceptors (Lipinski definition) is 2. The first kappa shape index (κ1) is 15.8. The third kappa shape index (κ3) is 3.18. The molecule has 0 amide bonds. The quantitative estimate of drug-likeness (QED) is 0.856.